The molecule has 3 heterocycles. The van der Waals surface area contributed by atoms with Crippen LogP contribution in [0.3, 0.4) is 0 Å². The number of benzene rings is 1. The molecule has 4 rings (SSSR count). The van der Waals surface area contributed by atoms with Gasteiger partial charge in [-0.3, -0.25) is 14.5 Å². The number of hydrogen-bond donors (Lipinski definition) is 2. The monoisotopic (exact) mass is 337 g/mol. The summed E-state index contributed by atoms with van der Waals surface area (Å²) in [5.74, 6) is 0.728. The number of piperazine rings is 1. The molecule has 0 aliphatic carbocycles. The highest BCUT2D eigenvalue weighted by atomic mass is 16.2. The molecule has 0 bridgehead atoms. The first kappa shape index (κ1) is 15.6. The molecule has 0 radical (unpaired) electrons. The van der Waals surface area contributed by atoms with E-state index < -0.39 is 0 Å². The molecule has 7 heteroatoms. The smallest absolute Gasteiger partial charge is 0.260 e. The van der Waals surface area contributed by atoms with E-state index in [4.69, 9.17) is 0 Å². The molecule has 0 spiro atoms. The van der Waals surface area contributed by atoms with Crippen LogP contribution in [0.1, 0.15) is 16.2 Å². The Hall–Kier alpha value is -2.93. The Labute approximate surface area is 144 Å². The lowest BCUT2D eigenvalue weighted by molar-refractivity contribution is 0.0624. The maximum Gasteiger partial charge on any atom is 0.260 e. The molecule has 1 aliphatic heterocycles. The predicted octanol–water partition coefficient (Wildman–Crippen LogP) is 1.21. The van der Waals surface area contributed by atoms with Crippen molar-refractivity contribution < 1.29 is 4.79 Å². The molecule has 0 saturated carbocycles. The lowest BCUT2D eigenvalue weighted by atomic mass is 10.2. The first-order chi connectivity index (χ1) is 12.2. The van der Waals surface area contributed by atoms with E-state index in [1.165, 1.54) is 6.20 Å². The second kappa shape index (κ2) is 6.52. The fourth-order valence-corrected chi connectivity index (χ4v) is 3.16. The second-order valence-corrected chi connectivity index (χ2v) is 6.18. The summed E-state index contributed by atoms with van der Waals surface area (Å²) >= 11 is 0. The van der Waals surface area contributed by atoms with Gasteiger partial charge in [-0.1, -0.05) is 12.1 Å². The number of aromatic nitrogens is 3. The van der Waals surface area contributed by atoms with Gasteiger partial charge in [-0.15, -0.1) is 0 Å². The summed E-state index contributed by atoms with van der Waals surface area (Å²) in [5.41, 5.74) is 1.87. The second-order valence-electron chi connectivity index (χ2n) is 6.18. The summed E-state index contributed by atoms with van der Waals surface area (Å²) < 4.78 is 0. The molecule has 1 fully saturated rings. The number of aromatic amines is 2. The van der Waals surface area contributed by atoms with Gasteiger partial charge < -0.3 is 14.9 Å². The largest absolute Gasteiger partial charge is 0.341 e. The van der Waals surface area contributed by atoms with Crippen molar-refractivity contribution in [2.45, 2.75) is 6.54 Å². The van der Waals surface area contributed by atoms with E-state index in [1.807, 2.05) is 24.3 Å². The predicted molar refractivity (Wildman–Crippen MR) is 94.3 cm³/mol. The van der Waals surface area contributed by atoms with Gasteiger partial charge in [0, 0.05) is 32.4 Å². The molecule has 1 aromatic carbocycles. The number of carbonyl (C=O) groups is 1. The topological polar surface area (TPSA) is 85.1 Å². The highest BCUT2D eigenvalue weighted by Crippen LogP contribution is 2.13. The molecule has 2 N–H and O–H groups in total. The van der Waals surface area contributed by atoms with E-state index in [1.54, 1.807) is 17.0 Å². The van der Waals surface area contributed by atoms with Gasteiger partial charge >= 0.3 is 0 Å². The van der Waals surface area contributed by atoms with Crippen LogP contribution < -0.4 is 5.56 Å². The van der Waals surface area contributed by atoms with Gasteiger partial charge in [-0.2, -0.15) is 0 Å². The third kappa shape index (κ3) is 3.18. The van der Waals surface area contributed by atoms with E-state index in [2.05, 4.69) is 19.9 Å². The van der Waals surface area contributed by atoms with Crippen molar-refractivity contribution in [1.82, 2.24) is 24.8 Å². The van der Waals surface area contributed by atoms with Gasteiger partial charge in [0.05, 0.1) is 17.6 Å². The summed E-state index contributed by atoms with van der Waals surface area (Å²) in [6, 6.07) is 11.2. The van der Waals surface area contributed by atoms with E-state index in [0.717, 1.165) is 36.5 Å². The Bertz CT molecular complexity index is 920. The molecule has 25 heavy (non-hydrogen) atoms. The fraction of sp³-hybridized carbons (Fsp3) is 0.278. The molecule has 1 saturated heterocycles. The average molecular weight is 337 g/mol. The number of hydrogen-bond acceptors (Lipinski definition) is 4. The third-order valence-corrected chi connectivity index (χ3v) is 4.52. The zero-order chi connectivity index (χ0) is 17.2. The fourth-order valence-electron chi connectivity index (χ4n) is 3.16. The number of imidazole rings is 1. The van der Waals surface area contributed by atoms with Crippen LogP contribution in [-0.4, -0.2) is 56.8 Å². The van der Waals surface area contributed by atoms with Gasteiger partial charge in [-0.25, -0.2) is 4.98 Å². The van der Waals surface area contributed by atoms with E-state index in [-0.39, 0.29) is 17.0 Å². The number of pyridine rings is 1. The van der Waals surface area contributed by atoms with Crippen LogP contribution in [0.4, 0.5) is 0 Å². The van der Waals surface area contributed by atoms with Crippen molar-refractivity contribution in [3.8, 4) is 0 Å². The van der Waals surface area contributed by atoms with Crippen LogP contribution >= 0.6 is 0 Å². The lowest BCUT2D eigenvalue weighted by Crippen LogP contribution is -2.49. The van der Waals surface area contributed by atoms with Gasteiger partial charge in [0.15, 0.2) is 0 Å². The Morgan fingerprint density at radius 2 is 1.88 bits per heavy atom. The van der Waals surface area contributed by atoms with Crippen molar-refractivity contribution >= 4 is 16.9 Å². The van der Waals surface area contributed by atoms with Crippen molar-refractivity contribution in [2.24, 2.45) is 0 Å². The molecule has 2 aromatic heterocycles. The lowest BCUT2D eigenvalue weighted by Gasteiger charge is -2.34. The van der Waals surface area contributed by atoms with Gasteiger partial charge in [0.1, 0.15) is 11.4 Å². The van der Waals surface area contributed by atoms with Crippen LogP contribution in [-0.2, 0) is 6.54 Å². The van der Waals surface area contributed by atoms with Crippen molar-refractivity contribution in [2.75, 3.05) is 26.2 Å². The van der Waals surface area contributed by atoms with Crippen LogP contribution in [0, 0.1) is 0 Å². The number of rotatable bonds is 3. The van der Waals surface area contributed by atoms with Crippen molar-refractivity contribution in [3.63, 3.8) is 0 Å². The molecule has 7 nitrogen and oxygen atoms in total. The van der Waals surface area contributed by atoms with Crippen LogP contribution in [0.25, 0.3) is 11.0 Å². The first-order valence-electron chi connectivity index (χ1n) is 8.34. The van der Waals surface area contributed by atoms with Crippen LogP contribution in [0.15, 0.2) is 47.4 Å². The van der Waals surface area contributed by atoms with Gasteiger partial charge in [-0.05, 0) is 24.3 Å². The minimum atomic E-state index is -0.336. The molecular weight excluding hydrogens is 318 g/mol. The summed E-state index contributed by atoms with van der Waals surface area (Å²) in [6.45, 7) is 3.45. The molecule has 0 unspecified atom stereocenters. The molecule has 128 valence electrons. The summed E-state index contributed by atoms with van der Waals surface area (Å²) in [4.78, 5) is 38.7. The minimum absolute atomic E-state index is 0.202. The Morgan fingerprint density at radius 1 is 1.08 bits per heavy atom. The first-order valence-corrected chi connectivity index (χ1v) is 8.34. The number of amides is 1. The van der Waals surface area contributed by atoms with E-state index in [9.17, 15) is 9.59 Å². The summed E-state index contributed by atoms with van der Waals surface area (Å²) in [7, 11) is 0. The molecule has 1 amide bonds. The third-order valence-electron chi connectivity index (χ3n) is 4.52. The van der Waals surface area contributed by atoms with Gasteiger partial charge in [0.25, 0.3) is 11.5 Å². The van der Waals surface area contributed by atoms with E-state index in [0.29, 0.717) is 13.1 Å². The minimum Gasteiger partial charge on any atom is -0.341 e. The maximum absolute atomic E-state index is 12.5. The number of fused-ring (bicyclic) bond motifs is 1. The maximum atomic E-state index is 12.5. The summed E-state index contributed by atoms with van der Waals surface area (Å²) in [5, 5.41) is 0. The quantitative estimate of drug-likeness (QED) is 0.752. The average Bonchev–Trinajstić information content (AvgIpc) is 3.04. The molecule has 0 atom stereocenters. The molecule has 1 aliphatic rings. The summed E-state index contributed by atoms with van der Waals surface area (Å²) in [6.07, 6.45) is 1.53. The van der Waals surface area contributed by atoms with Crippen LogP contribution in [0.5, 0.6) is 0 Å². The Balaban J connectivity index is 1.39. The number of nitrogens with zero attached hydrogens (tertiary/aromatic N) is 3. The van der Waals surface area contributed by atoms with Crippen molar-refractivity contribution in [3.05, 3.63) is 64.3 Å². The van der Waals surface area contributed by atoms with E-state index >= 15 is 0 Å². The number of carbonyl (C=O) groups excluding carboxylic acids is 1. The number of nitrogens with one attached hydrogen (secondary N) is 2. The zero-order valence-electron chi connectivity index (χ0n) is 13.7. The standard InChI is InChI=1S/C18H19N5O2/c24-17-13(4-3-7-19-17)18(25)23-10-8-22(9-11-23)12-16-20-14-5-1-2-6-15(14)21-16/h1-7H,8-12H2,(H,19,24)(H,20,21). The zero-order valence-corrected chi connectivity index (χ0v) is 13.7. The van der Waals surface area contributed by atoms with Crippen molar-refractivity contribution in [1.29, 1.82) is 0 Å². The Kier molecular flexibility index (Phi) is 4.07. The molecule has 3 aromatic rings. The highest BCUT2D eigenvalue weighted by Gasteiger charge is 2.24. The SMILES string of the molecule is O=C(c1ccc[nH]c1=O)N1CCN(Cc2nc3ccccc3[nH]2)CC1. The number of H-pyrrole nitrogens is 2. The number of para-hydroxylation sites is 2. The van der Waals surface area contributed by atoms with Gasteiger partial charge in [0.2, 0.25) is 0 Å². The normalized spacial score (nSPS) is 15.6. The van der Waals surface area contributed by atoms with Crippen LogP contribution in [0.2, 0.25) is 0 Å². The molecular formula is C18H19N5O2. The Morgan fingerprint density at radius 3 is 2.64 bits per heavy atom. The highest BCUT2D eigenvalue weighted by molar-refractivity contribution is 5.93.